The number of nitrogens with zero attached hydrogens (tertiary/aromatic N) is 6. The number of hydrogen-bond donors (Lipinski definition) is 0. The van der Waals surface area contributed by atoms with E-state index in [1.165, 1.54) is 0 Å². The molecule has 3 aromatic heterocycles. The highest BCUT2D eigenvalue weighted by atomic mass is 16.5. The molecule has 172 valence electrons. The van der Waals surface area contributed by atoms with Gasteiger partial charge in [0.05, 0.1) is 29.2 Å². The highest BCUT2D eigenvalue weighted by molar-refractivity contribution is 5.79. The predicted molar refractivity (Wildman–Crippen MR) is 123 cm³/mol. The van der Waals surface area contributed by atoms with Crippen LogP contribution in [0.2, 0.25) is 0 Å². The van der Waals surface area contributed by atoms with Crippen LogP contribution in [-0.2, 0) is 4.79 Å². The van der Waals surface area contributed by atoms with E-state index in [2.05, 4.69) is 42.7 Å². The van der Waals surface area contributed by atoms with E-state index in [4.69, 9.17) is 9.62 Å². The van der Waals surface area contributed by atoms with Gasteiger partial charge in [0.25, 0.3) is 0 Å². The Morgan fingerprint density at radius 1 is 1.19 bits per heavy atom. The Bertz CT molecular complexity index is 1090. The number of carbonyl (C=O) groups excluding carboxylic acids is 1. The van der Waals surface area contributed by atoms with Gasteiger partial charge < -0.3 is 9.42 Å². The number of aryl methyl sites for hydroxylation is 2. The van der Waals surface area contributed by atoms with Crippen molar-refractivity contribution in [3.05, 3.63) is 35.4 Å². The van der Waals surface area contributed by atoms with Gasteiger partial charge >= 0.3 is 0 Å². The molecule has 0 unspecified atom stereocenters. The third-order valence-electron chi connectivity index (χ3n) is 6.19. The number of aromatic nitrogens is 4. The molecule has 1 atom stereocenters. The zero-order valence-electron chi connectivity index (χ0n) is 20.0. The summed E-state index contributed by atoms with van der Waals surface area (Å²) in [6.45, 7) is 14.4. The summed E-state index contributed by atoms with van der Waals surface area (Å²) in [6.07, 6.45) is 3.93. The van der Waals surface area contributed by atoms with Gasteiger partial charge in [-0.3, -0.25) is 9.69 Å². The molecule has 3 aromatic rings. The van der Waals surface area contributed by atoms with Gasteiger partial charge in [-0.25, -0.2) is 9.50 Å². The maximum atomic E-state index is 13.1. The summed E-state index contributed by atoms with van der Waals surface area (Å²) in [5.41, 5.74) is 4.60. The van der Waals surface area contributed by atoms with E-state index >= 15 is 0 Å². The standard InChI is InChI=1S/C24H34N6O2/c1-15(2)29(16(3)4)23(31)14-28-9-7-8-19(13-28)24-20(21-10-18(6)27-32-21)12-25-22-11-17(5)26-30(22)24/h10-12,15-16,19H,7-9,13-14H2,1-6H3/t19-/m1/s1. The topological polar surface area (TPSA) is 79.8 Å². The molecule has 0 aromatic carbocycles. The van der Waals surface area contributed by atoms with E-state index in [0.717, 1.165) is 54.2 Å². The Morgan fingerprint density at radius 2 is 1.94 bits per heavy atom. The fourth-order valence-corrected chi connectivity index (χ4v) is 5.01. The zero-order valence-corrected chi connectivity index (χ0v) is 20.0. The molecule has 0 spiro atoms. The van der Waals surface area contributed by atoms with Crippen LogP contribution in [0.1, 0.15) is 63.5 Å². The summed E-state index contributed by atoms with van der Waals surface area (Å²) >= 11 is 0. The Kier molecular flexibility index (Phi) is 6.33. The summed E-state index contributed by atoms with van der Waals surface area (Å²) in [6, 6.07) is 4.31. The maximum Gasteiger partial charge on any atom is 0.237 e. The first-order valence-electron chi connectivity index (χ1n) is 11.6. The fourth-order valence-electron chi connectivity index (χ4n) is 5.01. The van der Waals surface area contributed by atoms with Crippen LogP contribution in [0.4, 0.5) is 0 Å². The van der Waals surface area contributed by atoms with Crippen molar-refractivity contribution in [1.29, 1.82) is 0 Å². The minimum absolute atomic E-state index is 0.191. The van der Waals surface area contributed by atoms with E-state index in [1.54, 1.807) is 0 Å². The number of piperidine rings is 1. The number of likely N-dealkylation sites (tertiary alicyclic amines) is 1. The molecule has 4 heterocycles. The van der Waals surface area contributed by atoms with Gasteiger partial charge in [0.15, 0.2) is 11.4 Å². The number of amides is 1. The maximum absolute atomic E-state index is 13.1. The lowest BCUT2D eigenvalue weighted by molar-refractivity contribution is -0.136. The van der Waals surface area contributed by atoms with Crippen molar-refractivity contribution in [2.75, 3.05) is 19.6 Å². The van der Waals surface area contributed by atoms with Gasteiger partial charge in [-0.05, 0) is 60.9 Å². The molecule has 0 bridgehead atoms. The first kappa shape index (κ1) is 22.5. The van der Waals surface area contributed by atoms with Crippen molar-refractivity contribution in [1.82, 2.24) is 29.6 Å². The highest BCUT2D eigenvalue weighted by Crippen LogP contribution is 2.35. The minimum Gasteiger partial charge on any atom is -0.356 e. The average molecular weight is 439 g/mol. The molecular formula is C24H34N6O2. The van der Waals surface area contributed by atoms with Gasteiger partial charge in [-0.1, -0.05) is 5.16 Å². The molecule has 0 saturated carbocycles. The van der Waals surface area contributed by atoms with Crippen molar-refractivity contribution in [3.8, 4) is 11.3 Å². The average Bonchev–Trinajstić information content (AvgIpc) is 3.31. The lowest BCUT2D eigenvalue weighted by Gasteiger charge is -2.36. The molecule has 4 rings (SSSR count). The van der Waals surface area contributed by atoms with E-state index in [9.17, 15) is 4.79 Å². The quantitative estimate of drug-likeness (QED) is 0.582. The number of rotatable bonds is 6. The van der Waals surface area contributed by atoms with E-state index < -0.39 is 0 Å². The van der Waals surface area contributed by atoms with Crippen LogP contribution in [-0.4, -0.2) is 67.2 Å². The van der Waals surface area contributed by atoms with E-state index in [0.29, 0.717) is 12.3 Å². The predicted octanol–water partition coefficient (Wildman–Crippen LogP) is 3.83. The zero-order chi connectivity index (χ0) is 23.0. The highest BCUT2D eigenvalue weighted by Gasteiger charge is 2.30. The Labute approximate surface area is 189 Å². The summed E-state index contributed by atoms with van der Waals surface area (Å²) in [7, 11) is 0. The van der Waals surface area contributed by atoms with Crippen molar-refractivity contribution >= 4 is 11.6 Å². The monoisotopic (exact) mass is 438 g/mol. The molecule has 0 aliphatic carbocycles. The number of fused-ring (bicyclic) bond motifs is 1. The largest absolute Gasteiger partial charge is 0.356 e. The van der Waals surface area contributed by atoms with E-state index in [-0.39, 0.29) is 23.9 Å². The molecule has 1 amide bonds. The van der Waals surface area contributed by atoms with Crippen molar-refractivity contribution in [3.63, 3.8) is 0 Å². The molecule has 1 fully saturated rings. The molecule has 8 heteroatoms. The Hall–Kier alpha value is -2.74. The van der Waals surface area contributed by atoms with Crippen LogP contribution < -0.4 is 0 Å². The van der Waals surface area contributed by atoms with Gasteiger partial charge in [0, 0.05) is 42.9 Å². The lowest BCUT2D eigenvalue weighted by atomic mass is 9.91. The van der Waals surface area contributed by atoms with Crippen molar-refractivity contribution < 1.29 is 9.32 Å². The van der Waals surface area contributed by atoms with Gasteiger partial charge in [0.2, 0.25) is 5.91 Å². The van der Waals surface area contributed by atoms with Crippen LogP contribution in [0, 0.1) is 13.8 Å². The third kappa shape index (κ3) is 4.41. The molecule has 32 heavy (non-hydrogen) atoms. The second-order valence-electron chi connectivity index (χ2n) is 9.51. The third-order valence-corrected chi connectivity index (χ3v) is 6.19. The molecule has 1 aliphatic rings. The molecule has 1 aliphatic heterocycles. The van der Waals surface area contributed by atoms with Crippen LogP contribution >= 0.6 is 0 Å². The second-order valence-corrected chi connectivity index (χ2v) is 9.51. The summed E-state index contributed by atoms with van der Waals surface area (Å²) in [5, 5.41) is 8.82. The SMILES string of the molecule is Cc1cc(-c2cnc3cc(C)nn3c2[C@@H]2CCCN(CC(=O)N(C(C)C)C(C)C)C2)on1. The number of hydrogen-bond acceptors (Lipinski definition) is 6. The summed E-state index contributed by atoms with van der Waals surface area (Å²) in [5.74, 6) is 1.11. The van der Waals surface area contributed by atoms with Crippen LogP contribution in [0.5, 0.6) is 0 Å². The Balaban J connectivity index is 1.66. The Morgan fingerprint density at radius 3 is 2.59 bits per heavy atom. The van der Waals surface area contributed by atoms with Crippen LogP contribution in [0.15, 0.2) is 22.9 Å². The number of carbonyl (C=O) groups is 1. The summed E-state index contributed by atoms with van der Waals surface area (Å²) < 4.78 is 7.56. The van der Waals surface area contributed by atoms with Crippen LogP contribution in [0.3, 0.4) is 0 Å². The molecular weight excluding hydrogens is 404 g/mol. The van der Waals surface area contributed by atoms with Gasteiger partial charge in [-0.15, -0.1) is 0 Å². The van der Waals surface area contributed by atoms with Crippen LogP contribution in [0.25, 0.3) is 17.0 Å². The smallest absolute Gasteiger partial charge is 0.237 e. The first-order valence-corrected chi connectivity index (χ1v) is 11.6. The lowest BCUT2D eigenvalue weighted by Crippen LogP contribution is -2.48. The van der Waals surface area contributed by atoms with Crippen molar-refractivity contribution in [2.45, 2.75) is 72.4 Å². The molecule has 0 radical (unpaired) electrons. The molecule has 1 saturated heterocycles. The van der Waals surface area contributed by atoms with Crippen molar-refractivity contribution in [2.24, 2.45) is 0 Å². The van der Waals surface area contributed by atoms with E-state index in [1.807, 2.05) is 41.6 Å². The first-order chi connectivity index (χ1) is 15.2. The normalized spacial score (nSPS) is 17.6. The fraction of sp³-hybridized carbons (Fsp3) is 0.583. The molecule has 8 nitrogen and oxygen atoms in total. The van der Waals surface area contributed by atoms with Gasteiger partial charge in [-0.2, -0.15) is 5.10 Å². The minimum atomic E-state index is 0.191. The molecule has 0 N–H and O–H groups in total. The summed E-state index contributed by atoms with van der Waals surface area (Å²) in [4.78, 5) is 22.0. The van der Waals surface area contributed by atoms with Gasteiger partial charge in [0.1, 0.15) is 0 Å². The second kappa shape index (κ2) is 9.02.